The molecule has 1 unspecified atom stereocenters. The number of ether oxygens (including phenoxy) is 1. The van der Waals surface area contributed by atoms with Gasteiger partial charge in [-0.2, -0.15) is 0 Å². The van der Waals surface area contributed by atoms with Gasteiger partial charge in [0.25, 0.3) is 0 Å². The number of benzene rings is 2. The maximum Gasteiger partial charge on any atom is 0.310 e. The van der Waals surface area contributed by atoms with Crippen molar-refractivity contribution in [1.82, 2.24) is 24.9 Å². The van der Waals surface area contributed by atoms with Crippen LogP contribution in [-0.2, 0) is 24.9 Å². The number of carbonyl (C=O) groups is 1. The molecule has 4 heterocycles. The number of hydrogen-bond donors (Lipinski definition) is 2. The third-order valence-corrected chi connectivity index (χ3v) is 10.0. The van der Waals surface area contributed by atoms with Gasteiger partial charge in [0, 0.05) is 43.4 Å². The van der Waals surface area contributed by atoms with Crippen LogP contribution >= 0.6 is 11.3 Å². The molecule has 42 heavy (non-hydrogen) atoms. The van der Waals surface area contributed by atoms with E-state index in [1.54, 1.807) is 35.9 Å². The molecule has 2 aromatic carbocycles. The first-order valence-corrected chi connectivity index (χ1v) is 15.1. The summed E-state index contributed by atoms with van der Waals surface area (Å²) < 4.78 is 9.33. The van der Waals surface area contributed by atoms with Crippen molar-refractivity contribution in [2.75, 3.05) is 6.54 Å². The van der Waals surface area contributed by atoms with E-state index in [0.29, 0.717) is 13.1 Å². The molecule has 0 amide bonds. The zero-order chi connectivity index (χ0) is 29.4. The van der Waals surface area contributed by atoms with E-state index >= 15 is 0 Å². The quantitative estimate of drug-likeness (QED) is 0.277. The molecule has 2 aliphatic rings. The molecule has 216 valence electrons. The highest BCUT2D eigenvalue weighted by Crippen LogP contribution is 2.47. The number of nitrogens with zero attached hydrogens (tertiary/aromatic N) is 4. The first kappa shape index (κ1) is 26.9. The van der Waals surface area contributed by atoms with E-state index in [-0.39, 0.29) is 11.2 Å². The van der Waals surface area contributed by atoms with Crippen molar-refractivity contribution in [3.63, 3.8) is 0 Å². The van der Waals surface area contributed by atoms with Crippen LogP contribution in [0, 0.1) is 12.3 Å². The lowest BCUT2D eigenvalue weighted by Crippen LogP contribution is -2.34. The number of aryl methyl sites for hydroxylation is 2. The molecule has 5 aromatic rings. The van der Waals surface area contributed by atoms with Gasteiger partial charge < -0.3 is 14.8 Å². The average molecular weight is 584 g/mol. The molecule has 2 N–H and O–H groups in total. The van der Waals surface area contributed by atoms with Gasteiger partial charge in [-0.25, -0.2) is 4.68 Å². The van der Waals surface area contributed by atoms with E-state index in [0.717, 1.165) is 69.5 Å². The highest BCUT2D eigenvalue weighted by atomic mass is 32.1. The third-order valence-electron chi connectivity index (χ3n) is 9.03. The summed E-state index contributed by atoms with van der Waals surface area (Å²) in [5.74, 6) is -0.537. The van der Waals surface area contributed by atoms with E-state index in [4.69, 9.17) is 4.74 Å². The van der Waals surface area contributed by atoms with Crippen molar-refractivity contribution < 1.29 is 14.6 Å². The lowest BCUT2D eigenvalue weighted by Gasteiger charge is -2.33. The molecule has 3 aromatic heterocycles. The van der Waals surface area contributed by atoms with Gasteiger partial charge in [-0.05, 0) is 90.9 Å². The summed E-state index contributed by atoms with van der Waals surface area (Å²) in [4.78, 5) is 30.3. The number of aromatic nitrogens is 4. The van der Waals surface area contributed by atoms with Crippen LogP contribution in [-0.4, -0.2) is 48.1 Å². The molecule has 9 nitrogen and oxygen atoms in total. The fourth-order valence-corrected chi connectivity index (χ4v) is 7.45. The molecule has 1 atom stereocenters. The van der Waals surface area contributed by atoms with E-state index in [2.05, 4.69) is 43.8 Å². The molecular formula is C32H33N5O4S. The Morgan fingerprint density at radius 1 is 1.21 bits per heavy atom. The molecule has 1 saturated carbocycles. The summed E-state index contributed by atoms with van der Waals surface area (Å²) in [5, 5.41) is 22.3. The van der Waals surface area contributed by atoms with E-state index in [9.17, 15) is 14.7 Å². The van der Waals surface area contributed by atoms with E-state index in [1.165, 1.54) is 10.8 Å². The molecule has 1 aliphatic carbocycles. The van der Waals surface area contributed by atoms with Crippen LogP contribution in [0.2, 0.25) is 0 Å². The Labute approximate surface area is 246 Å². The second-order valence-corrected chi connectivity index (χ2v) is 13.4. The molecule has 10 heteroatoms. The number of carboxylic acids is 1. The Morgan fingerprint density at radius 2 is 2.02 bits per heavy atom. The molecule has 1 fully saturated rings. The van der Waals surface area contributed by atoms with Gasteiger partial charge in [-0.15, -0.1) is 16.4 Å². The lowest BCUT2D eigenvalue weighted by atomic mass is 9.69. The number of hydrogen-bond acceptors (Lipinski definition) is 7. The van der Waals surface area contributed by atoms with Crippen molar-refractivity contribution in [1.29, 1.82) is 0 Å². The largest absolute Gasteiger partial charge is 0.484 e. The Kier molecular flexibility index (Phi) is 6.07. The Balaban J connectivity index is 1.35. The average Bonchev–Trinajstić information content (AvgIpc) is 3.36. The van der Waals surface area contributed by atoms with E-state index in [1.807, 2.05) is 26.1 Å². The first-order valence-electron chi connectivity index (χ1n) is 14.2. The van der Waals surface area contributed by atoms with E-state index < -0.39 is 17.3 Å². The fraction of sp³-hybridized carbons (Fsp3) is 0.375. The Morgan fingerprint density at radius 3 is 2.79 bits per heavy atom. The van der Waals surface area contributed by atoms with Crippen LogP contribution < -0.4 is 10.3 Å². The highest BCUT2D eigenvalue weighted by molar-refractivity contribution is 7.17. The van der Waals surface area contributed by atoms with Crippen molar-refractivity contribution in [2.24, 2.45) is 12.5 Å². The minimum Gasteiger partial charge on any atom is -0.484 e. The number of fused-ring (bicyclic) bond motifs is 3. The van der Waals surface area contributed by atoms with Gasteiger partial charge in [0.15, 0.2) is 0 Å². The number of thiophene rings is 1. The van der Waals surface area contributed by atoms with Crippen LogP contribution in [0.3, 0.4) is 0 Å². The highest BCUT2D eigenvalue weighted by Gasteiger charge is 2.49. The van der Waals surface area contributed by atoms with Crippen LogP contribution in [0.25, 0.3) is 21.1 Å². The summed E-state index contributed by atoms with van der Waals surface area (Å²) >= 11 is 1.70. The lowest BCUT2D eigenvalue weighted by molar-refractivity contribution is -0.147. The molecule has 1 aliphatic heterocycles. The van der Waals surface area contributed by atoms with Crippen molar-refractivity contribution in [2.45, 2.75) is 58.2 Å². The second-order valence-electron chi connectivity index (χ2n) is 12.4. The minimum absolute atomic E-state index is 0.138. The summed E-state index contributed by atoms with van der Waals surface area (Å²) in [6.07, 6.45) is 1.96. The fourth-order valence-electron chi connectivity index (χ4n) is 6.56. The van der Waals surface area contributed by atoms with Crippen molar-refractivity contribution >= 4 is 38.4 Å². The Hall–Kier alpha value is -4.02. The summed E-state index contributed by atoms with van der Waals surface area (Å²) in [6.45, 7) is 7.58. The number of pyridine rings is 1. The molecule has 7 rings (SSSR count). The number of aliphatic carboxylic acids is 1. The normalized spacial score (nSPS) is 17.2. The van der Waals surface area contributed by atoms with Crippen LogP contribution in [0.5, 0.6) is 5.75 Å². The van der Waals surface area contributed by atoms with Gasteiger partial charge in [-0.1, -0.05) is 17.3 Å². The SMILES string of the molecule is Cc1c(C(c2cc(CN3Cc4[nH]c(=O)ccc4OC4(CC4)C3)c3sccc3c2)C(C)(C)C(=O)O)ccc2c1nnn2C. The predicted octanol–water partition coefficient (Wildman–Crippen LogP) is 5.35. The maximum absolute atomic E-state index is 12.8. The number of carboxylic acid groups (broad SMARTS) is 1. The number of aromatic amines is 1. The minimum atomic E-state index is -1.10. The maximum atomic E-state index is 12.8. The van der Waals surface area contributed by atoms with Crippen molar-refractivity contribution in [3.8, 4) is 5.75 Å². The second kappa shape index (κ2) is 9.50. The molecule has 0 radical (unpaired) electrons. The zero-order valence-electron chi connectivity index (χ0n) is 24.1. The van der Waals surface area contributed by atoms with Gasteiger partial charge in [-0.3, -0.25) is 14.5 Å². The zero-order valence-corrected chi connectivity index (χ0v) is 24.9. The van der Waals surface area contributed by atoms with Crippen LogP contribution in [0.15, 0.2) is 52.6 Å². The third kappa shape index (κ3) is 4.40. The molecule has 1 spiro atoms. The van der Waals surface area contributed by atoms with Gasteiger partial charge >= 0.3 is 5.97 Å². The smallest absolute Gasteiger partial charge is 0.310 e. The van der Waals surface area contributed by atoms with Crippen molar-refractivity contribution in [3.05, 3.63) is 86.1 Å². The van der Waals surface area contributed by atoms with Gasteiger partial charge in [0.2, 0.25) is 5.56 Å². The van der Waals surface area contributed by atoms with Gasteiger partial charge in [0.05, 0.1) is 16.6 Å². The Bertz CT molecular complexity index is 1930. The van der Waals surface area contributed by atoms with Crippen LogP contribution in [0.1, 0.15) is 60.6 Å². The summed E-state index contributed by atoms with van der Waals surface area (Å²) in [5.41, 5.74) is 4.98. The topological polar surface area (TPSA) is 113 Å². The van der Waals surface area contributed by atoms with Crippen LogP contribution in [0.4, 0.5) is 0 Å². The number of nitrogens with one attached hydrogen (secondary N) is 1. The predicted molar refractivity (Wildman–Crippen MR) is 162 cm³/mol. The molecule has 0 saturated heterocycles. The standard InChI is InChI=1S/C32H33N5O4S/c1-18-22(5-6-24-28(18)34-35-36(24)4)27(31(2,3)30(39)40)20-13-19-9-12-42-29(19)21(14-20)15-37-16-23-25(7-8-26(38)33-23)41-32(17-37)10-11-32/h5-9,12-14,27H,10-11,15-17H2,1-4H3,(H,33,38)(H,39,40). The number of rotatable bonds is 6. The number of H-pyrrole nitrogens is 1. The first-order chi connectivity index (χ1) is 20.0. The molecular weight excluding hydrogens is 550 g/mol. The summed E-state index contributed by atoms with van der Waals surface area (Å²) in [7, 11) is 1.86. The van der Waals surface area contributed by atoms with Gasteiger partial charge in [0.1, 0.15) is 16.9 Å². The summed E-state index contributed by atoms with van der Waals surface area (Å²) in [6, 6.07) is 13.8. The monoisotopic (exact) mass is 583 g/mol. The molecule has 0 bridgehead atoms.